The molecule has 2 rings (SSSR count). The van der Waals surface area contributed by atoms with Crippen LogP contribution in [-0.4, -0.2) is 15.1 Å². The molecule has 3 atom stereocenters. The van der Waals surface area contributed by atoms with Gasteiger partial charge in [-0.05, 0) is 39.0 Å². The number of aryl methyl sites for hydroxylation is 1. The Labute approximate surface area is 103 Å². The average Bonchev–Trinajstić information content (AvgIpc) is 2.76. The van der Waals surface area contributed by atoms with Crippen LogP contribution < -0.4 is 0 Å². The maximum absolute atomic E-state index is 9.56. The van der Waals surface area contributed by atoms with Gasteiger partial charge in [-0.25, -0.2) is 9.97 Å². The normalized spacial score (nSPS) is 26.1. The van der Waals surface area contributed by atoms with Gasteiger partial charge in [-0.1, -0.05) is 13.3 Å². The summed E-state index contributed by atoms with van der Waals surface area (Å²) >= 11 is 0. The summed E-state index contributed by atoms with van der Waals surface area (Å²) < 4.78 is 0. The topological polar surface area (TPSA) is 46.0 Å². The smallest absolute Gasteiger partial charge is 0.131 e. The zero-order valence-electron chi connectivity index (χ0n) is 11.0. The van der Waals surface area contributed by atoms with Crippen LogP contribution in [0.1, 0.15) is 68.6 Å². The Bertz CT molecular complexity index is 390. The highest BCUT2D eigenvalue weighted by atomic mass is 16.3. The number of nitrogens with zero attached hydrogens (tertiary/aromatic N) is 2. The third-order valence-corrected chi connectivity index (χ3v) is 3.97. The van der Waals surface area contributed by atoms with Gasteiger partial charge in [0.2, 0.25) is 0 Å². The molecule has 0 amide bonds. The van der Waals surface area contributed by atoms with Crippen molar-refractivity contribution in [2.45, 2.75) is 58.5 Å². The first-order valence-corrected chi connectivity index (χ1v) is 6.63. The molecular weight excluding hydrogens is 212 g/mol. The third-order valence-electron chi connectivity index (χ3n) is 3.97. The zero-order chi connectivity index (χ0) is 12.4. The van der Waals surface area contributed by atoms with E-state index < -0.39 is 6.10 Å². The van der Waals surface area contributed by atoms with Crippen molar-refractivity contribution < 1.29 is 5.11 Å². The first-order chi connectivity index (χ1) is 8.11. The fraction of sp³-hybridized carbons (Fsp3) is 0.714. The van der Waals surface area contributed by atoms with E-state index in [-0.39, 0.29) is 0 Å². The van der Waals surface area contributed by atoms with Gasteiger partial charge in [0.25, 0.3) is 0 Å². The fourth-order valence-corrected chi connectivity index (χ4v) is 2.78. The Morgan fingerprint density at radius 2 is 2.24 bits per heavy atom. The van der Waals surface area contributed by atoms with Crippen LogP contribution in [-0.2, 0) is 0 Å². The van der Waals surface area contributed by atoms with E-state index >= 15 is 0 Å². The standard InChI is InChI=1S/C14H22N2O/c1-4-11-5-6-12(7-11)14-15-8-13(10(3)17)9(2)16-14/h8,10-12,17H,4-7H2,1-3H3/t10-,11?,12?/m1/s1. The first kappa shape index (κ1) is 12.5. The van der Waals surface area contributed by atoms with E-state index in [1.807, 2.05) is 6.92 Å². The maximum Gasteiger partial charge on any atom is 0.131 e. The first-order valence-electron chi connectivity index (χ1n) is 6.63. The second kappa shape index (κ2) is 5.13. The van der Waals surface area contributed by atoms with Gasteiger partial charge in [-0.3, -0.25) is 0 Å². The van der Waals surface area contributed by atoms with E-state index in [4.69, 9.17) is 0 Å². The van der Waals surface area contributed by atoms with Crippen LogP contribution in [0, 0.1) is 12.8 Å². The molecule has 0 bridgehead atoms. The Morgan fingerprint density at radius 3 is 2.76 bits per heavy atom. The number of aliphatic hydroxyl groups is 1. The highest BCUT2D eigenvalue weighted by Crippen LogP contribution is 2.38. The van der Waals surface area contributed by atoms with Gasteiger partial charge in [0, 0.05) is 23.4 Å². The minimum Gasteiger partial charge on any atom is -0.389 e. The Balaban J connectivity index is 2.15. The van der Waals surface area contributed by atoms with E-state index in [2.05, 4.69) is 16.9 Å². The number of rotatable bonds is 3. The van der Waals surface area contributed by atoms with Crippen molar-refractivity contribution in [1.29, 1.82) is 0 Å². The second-order valence-corrected chi connectivity index (χ2v) is 5.23. The van der Waals surface area contributed by atoms with Gasteiger partial charge in [0.05, 0.1) is 6.10 Å². The van der Waals surface area contributed by atoms with E-state index in [0.717, 1.165) is 23.0 Å². The van der Waals surface area contributed by atoms with Crippen molar-refractivity contribution in [3.8, 4) is 0 Å². The van der Waals surface area contributed by atoms with Crippen molar-refractivity contribution in [3.63, 3.8) is 0 Å². The molecule has 0 radical (unpaired) electrons. The summed E-state index contributed by atoms with van der Waals surface area (Å²) in [6.45, 7) is 5.98. The van der Waals surface area contributed by atoms with Crippen LogP contribution >= 0.6 is 0 Å². The van der Waals surface area contributed by atoms with Crippen molar-refractivity contribution >= 4 is 0 Å². The van der Waals surface area contributed by atoms with Gasteiger partial charge >= 0.3 is 0 Å². The van der Waals surface area contributed by atoms with E-state index in [1.54, 1.807) is 13.1 Å². The fourth-order valence-electron chi connectivity index (χ4n) is 2.78. The highest BCUT2D eigenvalue weighted by molar-refractivity contribution is 5.19. The Kier molecular flexibility index (Phi) is 3.77. The number of hydrogen-bond donors (Lipinski definition) is 1. The second-order valence-electron chi connectivity index (χ2n) is 5.23. The van der Waals surface area contributed by atoms with E-state index in [0.29, 0.717) is 5.92 Å². The molecule has 1 aromatic heterocycles. The molecule has 1 aliphatic rings. The predicted octanol–water partition coefficient (Wildman–Crippen LogP) is 3.13. The van der Waals surface area contributed by atoms with Crippen LogP contribution in [0.5, 0.6) is 0 Å². The third kappa shape index (κ3) is 2.65. The lowest BCUT2D eigenvalue weighted by Gasteiger charge is -2.13. The summed E-state index contributed by atoms with van der Waals surface area (Å²) in [5.41, 5.74) is 1.77. The van der Waals surface area contributed by atoms with Crippen LogP contribution in [0.25, 0.3) is 0 Å². The molecule has 94 valence electrons. The van der Waals surface area contributed by atoms with Gasteiger partial charge in [-0.15, -0.1) is 0 Å². The largest absolute Gasteiger partial charge is 0.389 e. The molecule has 0 saturated heterocycles. The van der Waals surface area contributed by atoms with E-state index in [1.165, 1.54) is 25.7 Å². The monoisotopic (exact) mass is 234 g/mol. The summed E-state index contributed by atoms with van der Waals surface area (Å²) in [6.07, 6.45) is 6.33. The van der Waals surface area contributed by atoms with Crippen LogP contribution in [0.2, 0.25) is 0 Å². The molecule has 1 aliphatic carbocycles. The number of aliphatic hydroxyl groups excluding tert-OH is 1. The quantitative estimate of drug-likeness (QED) is 0.874. The number of aromatic nitrogens is 2. The molecule has 3 nitrogen and oxygen atoms in total. The van der Waals surface area contributed by atoms with Gasteiger partial charge in [0.1, 0.15) is 5.82 Å². The molecule has 1 aromatic rings. The lowest BCUT2D eigenvalue weighted by atomic mass is 10.0. The van der Waals surface area contributed by atoms with Gasteiger partial charge in [-0.2, -0.15) is 0 Å². The molecule has 0 spiro atoms. The van der Waals surface area contributed by atoms with E-state index in [9.17, 15) is 5.11 Å². The molecule has 2 unspecified atom stereocenters. The summed E-state index contributed by atoms with van der Waals surface area (Å²) in [6, 6.07) is 0. The van der Waals surface area contributed by atoms with Gasteiger partial charge in [0.15, 0.2) is 0 Å². The van der Waals surface area contributed by atoms with Crippen LogP contribution in [0.4, 0.5) is 0 Å². The SMILES string of the molecule is CCC1CCC(c2ncc([C@@H](C)O)c(C)n2)C1. The van der Waals surface area contributed by atoms with Crippen molar-refractivity contribution in [1.82, 2.24) is 9.97 Å². The maximum atomic E-state index is 9.56. The predicted molar refractivity (Wildman–Crippen MR) is 67.8 cm³/mol. The molecule has 17 heavy (non-hydrogen) atoms. The van der Waals surface area contributed by atoms with Crippen LogP contribution in [0.3, 0.4) is 0 Å². The lowest BCUT2D eigenvalue weighted by Crippen LogP contribution is -2.06. The molecule has 1 N–H and O–H groups in total. The lowest BCUT2D eigenvalue weighted by molar-refractivity contribution is 0.197. The Morgan fingerprint density at radius 1 is 1.47 bits per heavy atom. The van der Waals surface area contributed by atoms with Gasteiger partial charge < -0.3 is 5.11 Å². The number of hydrogen-bond acceptors (Lipinski definition) is 3. The molecule has 0 aromatic carbocycles. The summed E-state index contributed by atoms with van der Waals surface area (Å²) in [5.74, 6) is 2.35. The molecule has 1 fully saturated rings. The summed E-state index contributed by atoms with van der Waals surface area (Å²) in [4.78, 5) is 9.01. The van der Waals surface area contributed by atoms with Crippen LogP contribution in [0.15, 0.2) is 6.20 Å². The summed E-state index contributed by atoms with van der Waals surface area (Å²) in [7, 11) is 0. The molecule has 1 heterocycles. The zero-order valence-corrected chi connectivity index (χ0v) is 11.0. The molecular formula is C14H22N2O. The summed E-state index contributed by atoms with van der Waals surface area (Å²) in [5, 5.41) is 9.56. The molecule has 3 heteroatoms. The highest BCUT2D eigenvalue weighted by Gasteiger charge is 2.27. The minimum absolute atomic E-state index is 0.476. The molecule has 1 saturated carbocycles. The minimum atomic E-state index is -0.476. The van der Waals surface area contributed by atoms with Crippen molar-refractivity contribution in [3.05, 3.63) is 23.3 Å². The Hall–Kier alpha value is -0.960. The molecule has 0 aliphatic heterocycles. The van der Waals surface area contributed by atoms with Crippen molar-refractivity contribution in [2.24, 2.45) is 5.92 Å². The average molecular weight is 234 g/mol. The van der Waals surface area contributed by atoms with Crippen molar-refractivity contribution in [2.75, 3.05) is 0 Å².